The molecule has 2 rings (SSSR count). The summed E-state index contributed by atoms with van der Waals surface area (Å²) < 4.78 is 52.4. The highest BCUT2D eigenvalue weighted by Crippen LogP contribution is 2.32. The van der Waals surface area contributed by atoms with E-state index >= 15 is 0 Å². The smallest absolute Gasteiger partial charge is 0.386 e. The van der Waals surface area contributed by atoms with Gasteiger partial charge in [-0.3, -0.25) is 0 Å². The molecule has 0 saturated carbocycles. The Morgan fingerprint density at radius 1 is 1.19 bits per heavy atom. The van der Waals surface area contributed by atoms with Crippen LogP contribution in [-0.2, 0) is 6.42 Å². The second-order valence-corrected chi connectivity index (χ2v) is 6.91. The van der Waals surface area contributed by atoms with Gasteiger partial charge in [-0.25, -0.2) is 9.37 Å². The predicted molar refractivity (Wildman–Crippen MR) is 90.0 cm³/mol. The van der Waals surface area contributed by atoms with E-state index < -0.39 is 24.0 Å². The maximum Gasteiger partial charge on any atom is 0.391 e. The van der Waals surface area contributed by atoms with E-state index in [-0.39, 0.29) is 42.1 Å². The number of nitrogens with one attached hydrogen (secondary N) is 1. The number of halogens is 4. The average molecular weight is 376 g/mol. The largest absolute Gasteiger partial charge is 0.391 e. The lowest BCUT2D eigenvalue weighted by atomic mass is 9.95. The lowest BCUT2D eigenvalue weighted by Crippen LogP contribution is -2.21. The third-order valence-corrected chi connectivity index (χ3v) is 4.21. The molecule has 5 nitrogen and oxygen atoms in total. The zero-order chi connectivity index (χ0) is 19.5. The number of hydrogen-bond donors (Lipinski definition) is 2. The van der Waals surface area contributed by atoms with Crippen LogP contribution in [-0.4, -0.2) is 38.4 Å². The first kappa shape index (κ1) is 20.5. The molecule has 0 aliphatic heterocycles. The maximum atomic E-state index is 14.3. The number of aromatic nitrogens is 3. The fourth-order valence-electron chi connectivity index (χ4n) is 2.64. The maximum absolute atomic E-state index is 14.3. The molecule has 2 atom stereocenters. The molecule has 1 aromatic rings. The first-order chi connectivity index (χ1) is 12.1. The standard InChI is InChI=1S/C17H24F4N4O/c1-9(2)22-16-24-13(8-7-10(3)17(19,20)21)23-15(25-16)11-5-4-6-12(26)14(11)18/h9-10,12,26H,4-8H2,1-3H3,(H,22,23,24,25)/t10-,12+/m1/s1. The molecule has 26 heavy (non-hydrogen) atoms. The molecule has 0 bridgehead atoms. The van der Waals surface area contributed by atoms with Crippen molar-refractivity contribution in [2.45, 2.75) is 71.2 Å². The molecule has 1 aromatic heterocycles. The summed E-state index contributed by atoms with van der Waals surface area (Å²) >= 11 is 0. The quantitative estimate of drug-likeness (QED) is 0.733. The number of rotatable bonds is 6. The summed E-state index contributed by atoms with van der Waals surface area (Å²) in [5.74, 6) is -1.71. The molecule has 0 spiro atoms. The lowest BCUT2D eigenvalue weighted by molar-refractivity contribution is -0.171. The van der Waals surface area contributed by atoms with E-state index in [1.807, 2.05) is 13.8 Å². The highest BCUT2D eigenvalue weighted by molar-refractivity contribution is 5.64. The fourth-order valence-corrected chi connectivity index (χ4v) is 2.64. The number of aryl methyl sites for hydroxylation is 1. The minimum Gasteiger partial charge on any atom is -0.386 e. The van der Waals surface area contributed by atoms with Crippen LogP contribution in [0.3, 0.4) is 0 Å². The minimum absolute atomic E-state index is 0.000421. The number of hydrogen-bond acceptors (Lipinski definition) is 5. The van der Waals surface area contributed by atoms with Gasteiger partial charge in [0.25, 0.3) is 0 Å². The molecular weight excluding hydrogens is 352 g/mol. The van der Waals surface area contributed by atoms with Gasteiger partial charge in [0.15, 0.2) is 5.82 Å². The predicted octanol–water partition coefficient (Wildman–Crippen LogP) is 4.05. The van der Waals surface area contributed by atoms with Gasteiger partial charge < -0.3 is 10.4 Å². The van der Waals surface area contributed by atoms with E-state index in [9.17, 15) is 22.7 Å². The Morgan fingerprint density at radius 2 is 1.88 bits per heavy atom. The molecule has 0 amide bonds. The van der Waals surface area contributed by atoms with Gasteiger partial charge >= 0.3 is 6.18 Å². The van der Waals surface area contributed by atoms with Gasteiger partial charge in [-0.2, -0.15) is 23.1 Å². The Hall–Kier alpha value is -1.77. The Morgan fingerprint density at radius 3 is 2.50 bits per heavy atom. The summed E-state index contributed by atoms with van der Waals surface area (Å²) in [7, 11) is 0. The summed E-state index contributed by atoms with van der Waals surface area (Å²) in [5, 5.41) is 12.7. The van der Waals surface area contributed by atoms with Crippen LogP contribution < -0.4 is 5.32 Å². The van der Waals surface area contributed by atoms with Gasteiger partial charge in [0.05, 0.1) is 5.92 Å². The van der Waals surface area contributed by atoms with E-state index in [1.54, 1.807) is 0 Å². The second kappa shape index (κ2) is 8.28. The van der Waals surface area contributed by atoms with Crippen molar-refractivity contribution in [3.63, 3.8) is 0 Å². The van der Waals surface area contributed by atoms with Crippen LogP contribution in [0.1, 0.15) is 58.1 Å². The molecule has 0 radical (unpaired) electrons. The molecular formula is C17H24F4N4O. The molecule has 9 heteroatoms. The van der Waals surface area contributed by atoms with Crippen molar-refractivity contribution < 1.29 is 22.7 Å². The molecule has 0 aromatic carbocycles. The number of anilines is 1. The fraction of sp³-hybridized carbons (Fsp3) is 0.706. The number of aliphatic hydroxyl groups excluding tert-OH is 1. The molecule has 146 valence electrons. The zero-order valence-corrected chi connectivity index (χ0v) is 15.1. The number of alkyl halides is 3. The summed E-state index contributed by atoms with van der Waals surface area (Å²) in [6.07, 6.45) is -4.36. The van der Waals surface area contributed by atoms with Crippen LogP contribution in [0.5, 0.6) is 0 Å². The average Bonchev–Trinajstić information content (AvgIpc) is 2.53. The van der Waals surface area contributed by atoms with E-state index in [1.165, 1.54) is 0 Å². The highest BCUT2D eigenvalue weighted by atomic mass is 19.4. The van der Waals surface area contributed by atoms with Crippen molar-refractivity contribution in [1.82, 2.24) is 15.0 Å². The van der Waals surface area contributed by atoms with Crippen molar-refractivity contribution in [1.29, 1.82) is 0 Å². The Bertz CT molecular complexity index is 661. The number of aliphatic hydroxyl groups is 1. The zero-order valence-electron chi connectivity index (χ0n) is 15.1. The molecule has 1 aliphatic carbocycles. The van der Waals surface area contributed by atoms with Crippen LogP contribution in [0.2, 0.25) is 0 Å². The van der Waals surface area contributed by atoms with Crippen LogP contribution in [0, 0.1) is 5.92 Å². The van der Waals surface area contributed by atoms with E-state index in [2.05, 4.69) is 20.3 Å². The molecule has 1 aliphatic rings. The Balaban J connectivity index is 2.32. The van der Waals surface area contributed by atoms with Crippen LogP contribution in [0.25, 0.3) is 5.57 Å². The number of nitrogens with zero attached hydrogens (tertiary/aromatic N) is 3. The summed E-state index contributed by atoms with van der Waals surface area (Å²) in [6, 6.07) is -0.0111. The van der Waals surface area contributed by atoms with Crippen molar-refractivity contribution >= 4 is 11.5 Å². The van der Waals surface area contributed by atoms with Crippen molar-refractivity contribution in [2.24, 2.45) is 5.92 Å². The summed E-state index contributed by atoms with van der Waals surface area (Å²) in [5.41, 5.74) is 0.197. The van der Waals surface area contributed by atoms with E-state index in [0.717, 1.165) is 6.92 Å². The molecule has 0 unspecified atom stereocenters. The SMILES string of the molecule is CC(C)Nc1nc(CC[C@@H](C)C(F)(F)F)nc(C2=C(F)[C@@H](O)CCC2)n1. The van der Waals surface area contributed by atoms with E-state index in [4.69, 9.17) is 0 Å². The van der Waals surface area contributed by atoms with Crippen LogP contribution in [0.15, 0.2) is 5.83 Å². The van der Waals surface area contributed by atoms with Gasteiger partial charge in [-0.15, -0.1) is 0 Å². The number of allylic oxidation sites excluding steroid dienone is 1. The van der Waals surface area contributed by atoms with E-state index in [0.29, 0.717) is 19.3 Å². The Kier molecular flexibility index (Phi) is 6.54. The van der Waals surface area contributed by atoms with Crippen LogP contribution in [0.4, 0.5) is 23.5 Å². The monoisotopic (exact) mass is 376 g/mol. The van der Waals surface area contributed by atoms with Gasteiger partial charge in [0.2, 0.25) is 5.95 Å². The van der Waals surface area contributed by atoms with Crippen LogP contribution >= 0.6 is 0 Å². The summed E-state index contributed by atoms with van der Waals surface area (Å²) in [4.78, 5) is 12.5. The highest BCUT2D eigenvalue weighted by Gasteiger charge is 2.35. The lowest BCUT2D eigenvalue weighted by Gasteiger charge is -2.20. The second-order valence-electron chi connectivity index (χ2n) is 6.91. The van der Waals surface area contributed by atoms with Gasteiger partial charge in [-0.05, 0) is 39.5 Å². The van der Waals surface area contributed by atoms with Gasteiger partial charge in [0.1, 0.15) is 17.8 Å². The van der Waals surface area contributed by atoms with Crippen molar-refractivity contribution in [3.8, 4) is 0 Å². The first-order valence-corrected chi connectivity index (χ1v) is 8.73. The van der Waals surface area contributed by atoms with Gasteiger partial charge in [-0.1, -0.05) is 6.92 Å². The minimum atomic E-state index is -4.28. The third-order valence-electron chi connectivity index (χ3n) is 4.21. The Labute approximate surface area is 150 Å². The normalized spacial score (nSPS) is 19.8. The molecule has 1 heterocycles. The summed E-state index contributed by atoms with van der Waals surface area (Å²) in [6.45, 7) is 4.83. The first-order valence-electron chi connectivity index (χ1n) is 8.73. The molecule has 0 saturated heterocycles. The van der Waals surface area contributed by atoms with Crippen molar-refractivity contribution in [3.05, 3.63) is 17.5 Å². The van der Waals surface area contributed by atoms with Gasteiger partial charge in [0, 0.05) is 18.0 Å². The third kappa shape index (κ3) is 5.36. The van der Waals surface area contributed by atoms with Crippen molar-refractivity contribution in [2.75, 3.05) is 5.32 Å². The topological polar surface area (TPSA) is 70.9 Å². The molecule has 2 N–H and O–H groups in total. The molecule has 0 fully saturated rings.